The molecule has 1 aliphatic rings. The Labute approximate surface area is 248 Å². The third-order valence-electron chi connectivity index (χ3n) is 7.35. The van der Waals surface area contributed by atoms with E-state index >= 15 is 0 Å². The van der Waals surface area contributed by atoms with Crippen LogP contribution in [0, 0.1) is 0 Å². The van der Waals surface area contributed by atoms with Crippen LogP contribution in [0.4, 0.5) is 17.3 Å². The Bertz CT molecular complexity index is 1770. The molecule has 5 aromatic rings. The van der Waals surface area contributed by atoms with Crippen molar-refractivity contribution in [3.8, 4) is 23.0 Å². The molecule has 1 aliphatic heterocycles. The number of hydrogen-bond acceptors (Lipinski definition) is 10. The van der Waals surface area contributed by atoms with E-state index < -0.39 is 11.6 Å². The van der Waals surface area contributed by atoms with Crippen LogP contribution in [0.5, 0.6) is 0 Å². The minimum Gasteiger partial charge on any atom is -0.414 e. The molecule has 216 valence electrons. The maximum Gasteiger partial charge on any atom is 0.266 e. The molecule has 1 aromatic carbocycles. The number of aromatic nitrogens is 5. The first-order valence-corrected chi connectivity index (χ1v) is 13.8. The zero-order chi connectivity index (χ0) is 30.0. The highest BCUT2D eigenvalue weighted by atomic mass is 16.4. The summed E-state index contributed by atoms with van der Waals surface area (Å²) in [6.45, 7) is 7.98. The van der Waals surface area contributed by atoms with E-state index in [0.717, 1.165) is 5.56 Å². The van der Waals surface area contributed by atoms with Crippen molar-refractivity contribution in [2.75, 3.05) is 23.8 Å². The smallest absolute Gasteiger partial charge is 0.266 e. The lowest BCUT2D eigenvalue weighted by Gasteiger charge is -2.30. The van der Waals surface area contributed by atoms with E-state index in [0.29, 0.717) is 46.4 Å². The molecule has 0 saturated heterocycles. The molecule has 1 amide bonds. The van der Waals surface area contributed by atoms with Gasteiger partial charge >= 0.3 is 0 Å². The lowest BCUT2D eigenvalue weighted by molar-refractivity contribution is 0.0649. The second-order valence-electron chi connectivity index (χ2n) is 10.5. The van der Waals surface area contributed by atoms with Gasteiger partial charge in [-0.3, -0.25) is 9.78 Å². The van der Waals surface area contributed by atoms with Gasteiger partial charge in [0, 0.05) is 25.0 Å². The molecule has 0 bridgehead atoms. The van der Waals surface area contributed by atoms with Gasteiger partial charge in [0.25, 0.3) is 17.7 Å². The fourth-order valence-corrected chi connectivity index (χ4v) is 5.11. The molecule has 0 fully saturated rings. The lowest BCUT2D eigenvalue weighted by atomic mass is 9.99. The van der Waals surface area contributed by atoms with Crippen LogP contribution in [0.25, 0.3) is 23.0 Å². The third kappa shape index (κ3) is 5.33. The van der Waals surface area contributed by atoms with Crippen LogP contribution in [0.2, 0.25) is 0 Å². The number of pyridine rings is 3. The first-order valence-electron chi connectivity index (χ1n) is 13.8. The highest BCUT2D eigenvalue weighted by molar-refractivity contribution is 5.99. The summed E-state index contributed by atoms with van der Waals surface area (Å²) in [7, 11) is 0. The molecule has 43 heavy (non-hydrogen) atoms. The van der Waals surface area contributed by atoms with Gasteiger partial charge in [-0.1, -0.05) is 42.5 Å². The molecule has 3 N–H and O–H groups in total. The Morgan fingerprint density at radius 1 is 1.00 bits per heavy atom. The average Bonchev–Trinajstić information content (AvgIpc) is 3.59. The van der Waals surface area contributed by atoms with Crippen molar-refractivity contribution < 1.29 is 14.3 Å². The molecule has 6 rings (SSSR count). The maximum absolute atomic E-state index is 13.0. The Hall–Kier alpha value is -5.42. The number of amides is 1. The minimum absolute atomic E-state index is 0.0755. The number of nitrogens with zero attached hydrogens (tertiary/aromatic N) is 6. The van der Waals surface area contributed by atoms with Crippen molar-refractivity contribution in [3.05, 3.63) is 109 Å². The van der Waals surface area contributed by atoms with Gasteiger partial charge in [-0.05, 0) is 43.7 Å². The Balaban J connectivity index is 1.35. The molecular weight excluding hydrogens is 544 g/mol. The van der Waals surface area contributed by atoms with Crippen LogP contribution < -0.4 is 10.6 Å². The van der Waals surface area contributed by atoms with Gasteiger partial charge in [0.05, 0.1) is 40.7 Å². The van der Waals surface area contributed by atoms with Crippen molar-refractivity contribution in [2.24, 2.45) is 0 Å². The molecule has 11 heteroatoms. The van der Waals surface area contributed by atoms with Crippen LogP contribution in [0.15, 0.2) is 96.2 Å². The lowest BCUT2D eigenvalue weighted by Crippen LogP contribution is -2.39. The van der Waals surface area contributed by atoms with Crippen LogP contribution in [0.1, 0.15) is 41.5 Å². The van der Waals surface area contributed by atoms with Crippen molar-refractivity contribution in [1.29, 1.82) is 0 Å². The number of benzene rings is 1. The Kier molecular flexibility index (Phi) is 7.39. The quantitative estimate of drug-likeness (QED) is 0.187. The molecule has 0 saturated carbocycles. The number of nitrogens with one attached hydrogen (secondary N) is 2. The second-order valence-corrected chi connectivity index (χ2v) is 10.5. The average molecular weight is 575 g/mol. The number of rotatable bonds is 10. The van der Waals surface area contributed by atoms with E-state index in [2.05, 4.69) is 37.4 Å². The van der Waals surface area contributed by atoms with Gasteiger partial charge < -0.3 is 25.1 Å². The first-order chi connectivity index (χ1) is 20.9. The monoisotopic (exact) mass is 574 g/mol. The molecule has 0 spiro atoms. The largest absolute Gasteiger partial charge is 0.414 e. The summed E-state index contributed by atoms with van der Waals surface area (Å²) in [5.74, 6) is 1.45. The van der Waals surface area contributed by atoms with E-state index in [1.165, 1.54) is 0 Å². The van der Waals surface area contributed by atoms with Gasteiger partial charge in [0.15, 0.2) is 0 Å². The van der Waals surface area contributed by atoms with Crippen molar-refractivity contribution >= 4 is 23.2 Å². The van der Waals surface area contributed by atoms with E-state index in [1.807, 2.05) is 56.3 Å². The summed E-state index contributed by atoms with van der Waals surface area (Å²) >= 11 is 0. The van der Waals surface area contributed by atoms with Crippen LogP contribution in [0.3, 0.4) is 0 Å². The SMILES string of the molecule is C=CCN1C(=O)c2ccc(Nc3cc(N[C@H](CO)c4ccccc4)c(-c4nnc(-c5ccccn5)o4)cn3)nc2C1(C)C. The summed E-state index contributed by atoms with van der Waals surface area (Å²) in [6.07, 6.45) is 4.98. The molecule has 11 nitrogen and oxygen atoms in total. The Morgan fingerprint density at radius 3 is 2.53 bits per heavy atom. The molecule has 4 aromatic heterocycles. The number of aliphatic hydroxyl groups is 1. The zero-order valence-corrected chi connectivity index (χ0v) is 23.7. The molecular formula is C32H30N8O3. The first kappa shape index (κ1) is 27.7. The van der Waals surface area contributed by atoms with E-state index in [-0.39, 0.29) is 24.3 Å². The topological polar surface area (TPSA) is 142 Å². The molecule has 0 unspecified atom stereocenters. The summed E-state index contributed by atoms with van der Waals surface area (Å²) in [5, 5.41) is 25.4. The number of aliphatic hydroxyl groups excluding tert-OH is 1. The number of hydrogen-bond donors (Lipinski definition) is 3. The fraction of sp³-hybridized carbons (Fsp3) is 0.188. The Morgan fingerprint density at radius 2 is 1.79 bits per heavy atom. The molecule has 0 radical (unpaired) electrons. The van der Waals surface area contributed by atoms with Crippen LogP contribution >= 0.6 is 0 Å². The zero-order valence-electron chi connectivity index (χ0n) is 23.7. The number of anilines is 3. The van der Waals surface area contributed by atoms with Gasteiger partial charge in [-0.25, -0.2) is 9.97 Å². The van der Waals surface area contributed by atoms with Crippen LogP contribution in [-0.2, 0) is 5.54 Å². The van der Waals surface area contributed by atoms with E-state index in [1.54, 1.807) is 47.6 Å². The molecule has 1 atom stereocenters. The number of carbonyl (C=O) groups is 1. The highest BCUT2D eigenvalue weighted by Crippen LogP contribution is 2.39. The third-order valence-corrected chi connectivity index (χ3v) is 7.35. The van der Waals surface area contributed by atoms with Gasteiger partial charge in [0.1, 0.15) is 17.3 Å². The minimum atomic E-state index is -0.602. The standard InChI is InChI=1S/C32H30N8O3/c1-4-16-40-31(42)21-13-14-26(37-28(21)32(40,2)3)36-27-17-24(35-25(19-41)20-10-6-5-7-11-20)22(18-34-27)29-38-39-30(43-29)23-12-8-9-15-33-23/h4-15,17-18,25,41H,1,16,19H2,2-3H3,(H2,34,35,36,37)/t25-/m1/s1. The van der Waals surface area contributed by atoms with Gasteiger partial charge in [0.2, 0.25) is 0 Å². The summed E-state index contributed by atoms with van der Waals surface area (Å²) in [4.78, 5) is 28.4. The molecule has 0 aliphatic carbocycles. The number of fused-ring (bicyclic) bond motifs is 1. The van der Waals surface area contributed by atoms with Crippen LogP contribution in [-0.4, -0.2) is 54.2 Å². The van der Waals surface area contributed by atoms with Crippen molar-refractivity contribution in [3.63, 3.8) is 0 Å². The maximum atomic E-state index is 13.0. The highest BCUT2D eigenvalue weighted by Gasteiger charge is 2.43. The van der Waals surface area contributed by atoms with E-state index in [9.17, 15) is 9.90 Å². The fourth-order valence-electron chi connectivity index (χ4n) is 5.11. The summed E-state index contributed by atoms with van der Waals surface area (Å²) in [6, 6.07) is 20.0. The van der Waals surface area contributed by atoms with Crippen molar-refractivity contribution in [1.82, 2.24) is 30.0 Å². The van der Waals surface area contributed by atoms with Gasteiger partial charge in [-0.15, -0.1) is 16.8 Å². The number of carbonyl (C=O) groups excluding carboxylic acids is 1. The predicted molar refractivity (Wildman–Crippen MR) is 162 cm³/mol. The normalized spacial score (nSPS) is 14.3. The van der Waals surface area contributed by atoms with Gasteiger partial charge in [-0.2, -0.15) is 0 Å². The summed E-state index contributed by atoms with van der Waals surface area (Å²) < 4.78 is 5.99. The molecule has 5 heterocycles. The second kappa shape index (κ2) is 11.5. The summed E-state index contributed by atoms with van der Waals surface area (Å²) in [5.41, 5.74) is 3.24. The predicted octanol–water partition coefficient (Wildman–Crippen LogP) is 5.35. The van der Waals surface area contributed by atoms with Crippen molar-refractivity contribution in [2.45, 2.75) is 25.4 Å². The van der Waals surface area contributed by atoms with E-state index in [4.69, 9.17) is 9.40 Å².